The number of Topliss-reactive ketones (excluding diaryl/α,β-unsaturated/α-hetero) is 1. The van der Waals surface area contributed by atoms with Crippen molar-refractivity contribution in [3.63, 3.8) is 0 Å². The SMILES string of the molecule is O=C1CCCC2=C1C(c1ccc(O)cc1)n1nc(-c3cccc(Cl)c3)nc1N2. The molecule has 2 aliphatic rings. The monoisotopic (exact) mass is 392 g/mol. The Morgan fingerprint density at radius 1 is 1.14 bits per heavy atom. The highest BCUT2D eigenvalue weighted by Crippen LogP contribution is 2.40. The number of rotatable bonds is 2. The minimum absolute atomic E-state index is 0.122. The smallest absolute Gasteiger partial charge is 0.226 e. The Hall–Kier alpha value is -3.12. The van der Waals surface area contributed by atoms with Gasteiger partial charge in [0, 0.05) is 28.3 Å². The number of anilines is 1. The van der Waals surface area contributed by atoms with E-state index < -0.39 is 0 Å². The van der Waals surface area contributed by atoms with Crippen molar-refractivity contribution in [3.05, 3.63) is 70.4 Å². The molecule has 0 radical (unpaired) electrons. The zero-order valence-electron chi connectivity index (χ0n) is 14.9. The summed E-state index contributed by atoms with van der Waals surface area (Å²) < 4.78 is 1.75. The first-order chi connectivity index (χ1) is 13.6. The topological polar surface area (TPSA) is 80.0 Å². The number of phenolic OH excluding ortho intramolecular Hbond substituents is 1. The van der Waals surface area contributed by atoms with Crippen LogP contribution in [0.3, 0.4) is 0 Å². The van der Waals surface area contributed by atoms with Crippen LogP contribution in [0.2, 0.25) is 5.02 Å². The maximum Gasteiger partial charge on any atom is 0.226 e. The molecule has 6 nitrogen and oxygen atoms in total. The van der Waals surface area contributed by atoms with Gasteiger partial charge in [0.2, 0.25) is 5.95 Å². The number of hydrogen-bond donors (Lipinski definition) is 2. The number of allylic oxidation sites excluding steroid dienone is 2. The fourth-order valence-electron chi connectivity index (χ4n) is 3.87. The second-order valence-corrected chi connectivity index (χ2v) is 7.44. The number of aromatic hydroxyl groups is 1. The first-order valence-electron chi connectivity index (χ1n) is 9.15. The molecule has 1 aromatic heterocycles. The predicted octanol–water partition coefficient (Wildman–Crippen LogP) is 4.33. The predicted molar refractivity (Wildman–Crippen MR) is 106 cm³/mol. The van der Waals surface area contributed by atoms with Gasteiger partial charge in [0.05, 0.1) is 0 Å². The first kappa shape index (κ1) is 17.0. The number of carbonyl (C=O) groups is 1. The Kier molecular flexibility index (Phi) is 3.94. The van der Waals surface area contributed by atoms with E-state index in [0.29, 0.717) is 23.2 Å². The van der Waals surface area contributed by atoms with E-state index in [-0.39, 0.29) is 17.6 Å². The number of benzene rings is 2. The summed E-state index contributed by atoms with van der Waals surface area (Å²) in [6, 6.07) is 13.9. The fraction of sp³-hybridized carbons (Fsp3) is 0.190. The Labute approximate surface area is 166 Å². The third-order valence-corrected chi connectivity index (χ3v) is 5.39. The van der Waals surface area contributed by atoms with Crippen LogP contribution < -0.4 is 5.32 Å². The highest BCUT2D eigenvalue weighted by Gasteiger charge is 2.36. The van der Waals surface area contributed by atoms with Crippen LogP contribution in [0.4, 0.5) is 5.95 Å². The lowest BCUT2D eigenvalue weighted by Crippen LogP contribution is -2.31. The van der Waals surface area contributed by atoms with Gasteiger partial charge in [-0.25, -0.2) is 4.68 Å². The van der Waals surface area contributed by atoms with E-state index >= 15 is 0 Å². The van der Waals surface area contributed by atoms with Gasteiger partial charge in [-0.15, -0.1) is 5.10 Å². The fourth-order valence-corrected chi connectivity index (χ4v) is 4.06. The van der Waals surface area contributed by atoms with Crippen LogP contribution in [-0.2, 0) is 4.79 Å². The van der Waals surface area contributed by atoms with Crippen LogP contribution in [0.15, 0.2) is 59.8 Å². The molecular formula is C21H17ClN4O2. The van der Waals surface area contributed by atoms with Gasteiger partial charge in [0.15, 0.2) is 11.6 Å². The summed E-state index contributed by atoms with van der Waals surface area (Å²) in [6.07, 6.45) is 2.15. The zero-order valence-corrected chi connectivity index (χ0v) is 15.6. The average molecular weight is 393 g/mol. The molecule has 5 rings (SSSR count). The quantitative estimate of drug-likeness (QED) is 0.678. The number of aromatic nitrogens is 3. The number of carbonyl (C=O) groups excluding carboxylic acids is 1. The van der Waals surface area contributed by atoms with Crippen molar-refractivity contribution >= 4 is 23.3 Å². The molecule has 0 bridgehead atoms. The van der Waals surface area contributed by atoms with Crippen molar-refractivity contribution in [1.82, 2.24) is 14.8 Å². The van der Waals surface area contributed by atoms with Gasteiger partial charge >= 0.3 is 0 Å². The number of nitrogens with zero attached hydrogens (tertiary/aromatic N) is 3. The molecule has 0 fully saturated rings. The van der Waals surface area contributed by atoms with E-state index in [1.165, 1.54) is 0 Å². The van der Waals surface area contributed by atoms with Crippen LogP contribution in [0, 0.1) is 0 Å². The summed E-state index contributed by atoms with van der Waals surface area (Å²) in [6.45, 7) is 0. The van der Waals surface area contributed by atoms with Gasteiger partial charge in [-0.2, -0.15) is 4.98 Å². The third kappa shape index (κ3) is 2.77. The Bertz CT molecular complexity index is 1120. The molecule has 0 amide bonds. The van der Waals surface area contributed by atoms with Gasteiger partial charge < -0.3 is 10.4 Å². The van der Waals surface area contributed by atoms with Gasteiger partial charge in [0.1, 0.15) is 11.8 Å². The molecule has 2 aromatic carbocycles. The summed E-state index contributed by atoms with van der Waals surface area (Å²) >= 11 is 6.12. The van der Waals surface area contributed by atoms with Gasteiger partial charge in [-0.1, -0.05) is 35.9 Å². The summed E-state index contributed by atoms with van der Waals surface area (Å²) in [4.78, 5) is 17.4. The second-order valence-electron chi connectivity index (χ2n) is 7.00. The number of nitrogens with one attached hydrogen (secondary N) is 1. The lowest BCUT2D eigenvalue weighted by Gasteiger charge is -2.32. The van der Waals surface area contributed by atoms with Crippen molar-refractivity contribution in [3.8, 4) is 17.1 Å². The zero-order chi connectivity index (χ0) is 19.3. The largest absolute Gasteiger partial charge is 0.508 e. The number of ketones is 1. The van der Waals surface area contributed by atoms with E-state index in [0.717, 1.165) is 35.2 Å². The van der Waals surface area contributed by atoms with Crippen molar-refractivity contribution in [2.45, 2.75) is 25.3 Å². The van der Waals surface area contributed by atoms with E-state index in [9.17, 15) is 9.90 Å². The number of hydrogen-bond acceptors (Lipinski definition) is 5. The molecule has 1 aliphatic carbocycles. The lowest BCUT2D eigenvalue weighted by molar-refractivity contribution is -0.116. The molecule has 3 aromatic rings. The Morgan fingerprint density at radius 3 is 2.75 bits per heavy atom. The third-order valence-electron chi connectivity index (χ3n) is 5.16. The maximum atomic E-state index is 12.8. The van der Waals surface area contributed by atoms with Gasteiger partial charge in [0.25, 0.3) is 0 Å². The van der Waals surface area contributed by atoms with Crippen LogP contribution >= 0.6 is 11.6 Å². The lowest BCUT2D eigenvalue weighted by atomic mass is 9.85. The number of phenols is 1. The molecule has 28 heavy (non-hydrogen) atoms. The first-order valence-corrected chi connectivity index (χ1v) is 9.52. The number of halogens is 1. The summed E-state index contributed by atoms with van der Waals surface area (Å²) in [5, 5.41) is 18.3. The molecule has 1 unspecified atom stereocenters. The maximum absolute atomic E-state index is 12.8. The summed E-state index contributed by atoms with van der Waals surface area (Å²) in [7, 11) is 0. The molecule has 0 saturated carbocycles. The molecular weight excluding hydrogens is 376 g/mol. The van der Waals surface area contributed by atoms with Crippen LogP contribution in [0.1, 0.15) is 30.9 Å². The molecule has 0 saturated heterocycles. The minimum atomic E-state index is -0.375. The molecule has 1 atom stereocenters. The Balaban J connectivity index is 1.68. The second kappa shape index (κ2) is 6.49. The van der Waals surface area contributed by atoms with Crippen LogP contribution in [-0.4, -0.2) is 25.7 Å². The van der Waals surface area contributed by atoms with E-state index in [1.54, 1.807) is 22.9 Å². The Morgan fingerprint density at radius 2 is 1.96 bits per heavy atom. The highest BCUT2D eigenvalue weighted by atomic mass is 35.5. The number of fused-ring (bicyclic) bond motifs is 1. The van der Waals surface area contributed by atoms with Gasteiger partial charge in [-0.3, -0.25) is 4.79 Å². The van der Waals surface area contributed by atoms with Crippen molar-refractivity contribution < 1.29 is 9.90 Å². The standard InChI is InChI=1S/C21H17ClN4O2/c22-14-4-1-3-13(11-14)20-24-21-23-16-5-2-6-17(28)18(16)19(26(21)25-20)12-7-9-15(27)10-8-12/h1,3-4,7-11,19,27H,2,5-6H2,(H,23,24,25). The van der Waals surface area contributed by atoms with E-state index in [4.69, 9.17) is 16.7 Å². The van der Waals surface area contributed by atoms with E-state index in [1.807, 2.05) is 30.3 Å². The van der Waals surface area contributed by atoms with Crippen molar-refractivity contribution in [2.75, 3.05) is 5.32 Å². The van der Waals surface area contributed by atoms with Crippen molar-refractivity contribution in [2.24, 2.45) is 0 Å². The van der Waals surface area contributed by atoms with Crippen LogP contribution in [0.5, 0.6) is 5.75 Å². The molecule has 2 N–H and O–H groups in total. The molecule has 2 heterocycles. The average Bonchev–Trinajstić information content (AvgIpc) is 3.11. The molecule has 1 aliphatic heterocycles. The van der Waals surface area contributed by atoms with Crippen LogP contribution in [0.25, 0.3) is 11.4 Å². The molecule has 140 valence electrons. The molecule has 0 spiro atoms. The van der Waals surface area contributed by atoms with Gasteiger partial charge in [-0.05, 0) is 42.7 Å². The normalized spacial score (nSPS) is 18.5. The summed E-state index contributed by atoms with van der Waals surface area (Å²) in [5.41, 5.74) is 3.33. The van der Waals surface area contributed by atoms with Crippen molar-refractivity contribution in [1.29, 1.82) is 0 Å². The highest BCUT2D eigenvalue weighted by molar-refractivity contribution is 6.30. The summed E-state index contributed by atoms with van der Waals surface area (Å²) in [5.74, 6) is 1.44. The molecule has 7 heteroatoms. The van der Waals surface area contributed by atoms with E-state index in [2.05, 4.69) is 10.3 Å². The minimum Gasteiger partial charge on any atom is -0.508 e.